The van der Waals surface area contributed by atoms with Crippen molar-refractivity contribution in [2.75, 3.05) is 0 Å². The molecule has 0 atom stereocenters. The van der Waals surface area contributed by atoms with Crippen molar-refractivity contribution in [2.45, 2.75) is 6.54 Å². The Bertz CT molecular complexity index is 849. The molecule has 2 aromatic carbocycles. The van der Waals surface area contributed by atoms with Gasteiger partial charge in [0.15, 0.2) is 0 Å². The standard InChI is InChI=1S/C16H12N6O/c17-9-12-5-7-13(8-6-12)10-18-16(23)14-3-1-2-4-15(14)22-11-19-20-21-22/h1-8,11H,10H2,(H,18,23). The summed E-state index contributed by atoms with van der Waals surface area (Å²) in [5.41, 5.74) is 2.59. The summed E-state index contributed by atoms with van der Waals surface area (Å²) in [4.78, 5) is 12.4. The van der Waals surface area contributed by atoms with E-state index in [0.717, 1.165) is 5.56 Å². The maximum atomic E-state index is 12.4. The molecule has 1 aromatic heterocycles. The van der Waals surface area contributed by atoms with Crippen LogP contribution in [0.4, 0.5) is 0 Å². The Morgan fingerprint density at radius 2 is 1.96 bits per heavy atom. The Morgan fingerprint density at radius 3 is 2.65 bits per heavy atom. The number of carbonyl (C=O) groups is 1. The third-order valence-electron chi connectivity index (χ3n) is 3.28. The number of amides is 1. The van der Waals surface area contributed by atoms with Gasteiger partial charge in [0.05, 0.1) is 22.9 Å². The summed E-state index contributed by atoms with van der Waals surface area (Å²) in [5, 5.41) is 22.6. The van der Waals surface area contributed by atoms with Crippen molar-refractivity contribution in [2.24, 2.45) is 0 Å². The SMILES string of the molecule is N#Cc1ccc(CNC(=O)c2ccccc2-n2cnnn2)cc1. The quantitative estimate of drug-likeness (QED) is 0.787. The predicted molar refractivity (Wildman–Crippen MR) is 81.5 cm³/mol. The number of nitriles is 1. The Balaban J connectivity index is 1.75. The van der Waals surface area contributed by atoms with Crippen molar-refractivity contribution >= 4 is 5.91 Å². The molecule has 0 saturated carbocycles. The summed E-state index contributed by atoms with van der Waals surface area (Å²) in [6.45, 7) is 0.370. The minimum Gasteiger partial charge on any atom is -0.348 e. The number of tetrazole rings is 1. The lowest BCUT2D eigenvalue weighted by molar-refractivity contribution is 0.0950. The molecule has 0 radical (unpaired) electrons. The fourth-order valence-electron chi connectivity index (χ4n) is 2.11. The zero-order valence-corrected chi connectivity index (χ0v) is 12.0. The van der Waals surface area contributed by atoms with E-state index in [9.17, 15) is 4.79 Å². The minimum absolute atomic E-state index is 0.222. The molecule has 3 aromatic rings. The van der Waals surface area contributed by atoms with E-state index in [1.807, 2.05) is 18.2 Å². The van der Waals surface area contributed by atoms with Crippen LogP contribution in [0.5, 0.6) is 0 Å². The minimum atomic E-state index is -0.222. The van der Waals surface area contributed by atoms with Gasteiger partial charge in [-0.15, -0.1) is 5.10 Å². The Hall–Kier alpha value is -3.53. The molecule has 0 spiro atoms. The van der Waals surface area contributed by atoms with Gasteiger partial charge >= 0.3 is 0 Å². The van der Waals surface area contributed by atoms with Crippen LogP contribution in [0.15, 0.2) is 54.9 Å². The van der Waals surface area contributed by atoms with Gasteiger partial charge in [0.2, 0.25) is 0 Å². The largest absolute Gasteiger partial charge is 0.348 e. The van der Waals surface area contributed by atoms with E-state index in [2.05, 4.69) is 26.9 Å². The molecule has 0 aliphatic carbocycles. The summed E-state index contributed by atoms with van der Waals surface area (Å²) in [5.74, 6) is -0.222. The Morgan fingerprint density at radius 1 is 1.17 bits per heavy atom. The smallest absolute Gasteiger partial charge is 0.253 e. The van der Waals surface area contributed by atoms with Gasteiger partial charge in [-0.3, -0.25) is 4.79 Å². The van der Waals surface area contributed by atoms with Gasteiger partial charge < -0.3 is 5.32 Å². The fourth-order valence-corrected chi connectivity index (χ4v) is 2.11. The molecular formula is C16H12N6O. The van der Waals surface area contributed by atoms with E-state index in [4.69, 9.17) is 5.26 Å². The van der Waals surface area contributed by atoms with Gasteiger partial charge in [-0.25, -0.2) is 0 Å². The number of carbonyl (C=O) groups excluding carboxylic acids is 1. The maximum absolute atomic E-state index is 12.4. The second kappa shape index (κ2) is 6.49. The normalized spacial score (nSPS) is 10.0. The summed E-state index contributed by atoms with van der Waals surface area (Å²) >= 11 is 0. The maximum Gasteiger partial charge on any atom is 0.253 e. The molecule has 0 saturated heterocycles. The third-order valence-corrected chi connectivity index (χ3v) is 3.28. The van der Waals surface area contributed by atoms with Gasteiger partial charge in [-0.1, -0.05) is 24.3 Å². The number of para-hydroxylation sites is 1. The number of aromatic nitrogens is 4. The number of rotatable bonds is 4. The highest BCUT2D eigenvalue weighted by molar-refractivity contribution is 5.97. The van der Waals surface area contributed by atoms with Crippen molar-refractivity contribution in [1.29, 1.82) is 5.26 Å². The lowest BCUT2D eigenvalue weighted by atomic mass is 10.1. The molecule has 0 fully saturated rings. The van der Waals surface area contributed by atoms with Gasteiger partial charge in [-0.2, -0.15) is 9.94 Å². The van der Waals surface area contributed by atoms with E-state index in [1.54, 1.807) is 30.3 Å². The highest BCUT2D eigenvalue weighted by Crippen LogP contribution is 2.13. The van der Waals surface area contributed by atoms with Crippen LogP contribution in [0.2, 0.25) is 0 Å². The van der Waals surface area contributed by atoms with Gasteiger partial charge in [0.25, 0.3) is 5.91 Å². The van der Waals surface area contributed by atoms with Crippen LogP contribution in [0.3, 0.4) is 0 Å². The Kier molecular flexibility index (Phi) is 4.07. The third kappa shape index (κ3) is 3.22. The molecule has 1 N–H and O–H groups in total. The molecular weight excluding hydrogens is 292 g/mol. The van der Waals surface area contributed by atoms with E-state index in [-0.39, 0.29) is 5.91 Å². The lowest BCUT2D eigenvalue weighted by Gasteiger charge is -2.09. The van der Waals surface area contributed by atoms with Crippen molar-refractivity contribution in [3.63, 3.8) is 0 Å². The second-order valence-corrected chi connectivity index (χ2v) is 4.76. The second-order valence-electron chi connectivity index (χ2n) is 4.76. The van der Waals surface area contributed by atoms with Crippen molar-refractivity contribution in [1.82, 2.24) is 25.5 Å². The summed E-state index contributed by atoms with van der Waals surface area (Å²) in [6, 6.07) is 16.2. The Labute approximate surface area is 132 Å². The van der Waals surface area contributed by atoms with E-state index < -0.39 is 0 Å². The zero-order chi connectivity index (χ0) is 16.1. The van der Waals surface area contributed by atoms with Crippen LogP contribution >= 0.6 is 0 Å². The fraction of sp³-hybridized carbons (Fsp3) is 0.0625. The first-order valence-electron chi connectivity index (χ1n) is 6.87. The molecule has 1 heterocycles. The number of benzene rings is 2. The van der Waals surface area contributed by atoms with Crippen LogP contribution in [0, 0.1) is 11.3 Å². The zero-order valence-electron chi connectivity index (χ0n) is 12.0. The van der Waals surface area contributed by atoms with Crippen molar-refractivity contribution in [3.05, 3.63) is 71.5 Å². The molecule has 0 bridgehead atoms. The first-order chi connectivity index (χ1) is 11.3. The average molecular weight is 304 g/mol. The summed E-state index contributed by atoms with van der Waals surface area (Å²) < 4.78 is 1.44. The van der Waals surface area contributed by atoms with Gasteiger partial charge in [-0.05, 0) is 40.3 Å². The van der Waals surface area contributed by atoms with Crippen LogP contribution in [-0.2, 0) is 6.54 Å². The number of hydrogen-bond acceptors (Lipinski definition) is 5. The van der Waals surface area contributed by atoms with E-state index in [0.29, 0.717) is 23.4 Å². The van der Waals surface area contributed by atoms with Crippen LogP contribution < -0.4 is 5.32 Å². The number of nitrogens with zero attached hydrogens (tertiary/aromatic N) is 5. The summed E-state index contributed by atoms with van der Waals surface area (Å²) in [7, 11) is 0. The monoisotopic (exact) mass is 304 g/mol. The molecule has 7 nitrogen and oxygen atoms in total. The molecule has 7 heteroatoms. The lowest BCUT2D eigenvalue weighted by Crippen LogP contribution is -2.24. The van der Waals surface area contributed by atoms with E-state index in [1.165, 1.54) is 11.0 Å². The highest BCUT2D eigenvalue weighted by atomic mass is 16.1. The number of hydrogen-bond donors (Lipinski definition) is 1. The topological polar surface area (TPSA) is 96.5 Å². The first kappa shape index (κ1) is 14.4. The van der Waals surface area contributed by atoms with Crippen LogP contribution in [0.1, 0.15) is 21.5 Å². The number of nitrogens with one attached hydrogen (secondary N) is 1. The predicted octanol–water partition coefficient (Wildman–Crippen LogP) is 1.46. The van der Waals surface area contributed by atoms with Crippen molar-refractivity contribution in [3.8, 4) is 11.8 Å². The molecule has 0 aliphatic heterocycles. The van der Waals surface area contributed by atoms with Crippen molar-refractivity contribution < 1.29 is 4.79 Å². The molecule has 112 valence electrons. The highest BCUT2D eigenvalue weighted by Gasteiger charge is 2.12. The molecule has 1 amide bonds. The molecule has 23 heavy (non-hydrogen) atoms. The average Bonchev–Trinajstić information content (AvgIpc) is 3.14. The first-order valence-corrected chi connectivity index (χ1v) is 6.87. The molecule has 3 rings (SSSR count). The van der Waals surface area contributed by atoms with E-state index >= 15 is 0 Å². The van der Waals surface area contributed by atoms with Gasteiger partial charge in [0.1, 0.15) is 6.33 Å². The molecule has 0 unspecified atom stereocenters. The summed E-state index contributed by atoms with van der Waals surface area (Å²) in [6.07, 6.45) is 1.44. The molecule has 0 aliphatic rings. The van der Waals surface area contributed by atoms with Crippen LogP contribution in [-0.4, -0.2) is 26.1 Å². The van der Waals surface area contributed by atoms with Gasteiger partial charge in [0, 0.05) is 6.54 Å². The van der Waals surface area contributed by atoms with Crippen LogP contribution in [0.25, 0.3) is 5.69 Å².